The highest BCUT2D eigenvalue weighted by Gasteiger charge is 2.19. The van der Waals surface area contributed by atoms with E-state index in [1.54, 1.807) is 31.4 Å². The Morgan fingerprint density at radius 1 is 1.18 bits per heavy atom. The predicted octanol–water partition coefficient (Wildman–Crippen LogP) is 5.47. The lowest BCUT2D eigenvalue weighted by atomic mass is 10.2. The van der Waals surface area contributed by atoms with Gasteiger partial charge < -0.3 is 10.1 Å². The van der Waals surface area contributed by atoms with E-state index in [-0.39, 0.29) is 5.91 Å². The molecule has 1 N–H and O–H groups in total. The fourth-order valence-electron chi connectivity index (χ4n) is 2.11. The van der Waals surface area contributed by atoms with Crippen molar-refractivity contribution < 1.29 is 9.53 Å². The Bertz CT molecular complexity index is 860. The van der Waals surface area contributed by atoms with Crippen LogP contribution < -0.4 is 10.1 Å². The van der Waals surface area contributed by atoms with Gasteiger partial charge in [0.25, 0.3) is 5.91 Å². The van der Waals surface area contributed by atoms with Crippen molar-refractivity contribution in [3.05, 3.63) is 57.4 Å². The van der Waals surface area contributed by atoms with Crippen LogP contribution in [0.5, 0.6) is 5.75 Å². The molecule has 0 bridgehead atoms. The van der Waals surface area contributed by atoms with Crippen molar-refractivity contribution in [3.63, 3.8) is 0 Å². The number of rotatable bonds is 3. The summed E-state index contributed by atoms with van der Waals surface area (Å²) in [5.74, 6) is 0.402. The average Bonchev–Trinajstić information content (AvgIpc) is 2.86. The smallest absolute Gasteiger partial charge is 0.267 e. The number of benzene rings is 2. The maximum atomic E-state index is 12.4. The lowest BCUT2D eigenvalue weighted by molar-refractivity contribution is 0.103. The van der Waals surface area contributed by atoms with Crippen LogP contribution in [0.2, 0.25) is 10.0 Å². The topological polar surface area (TPSA) is 38.3 Å². The quantitative estimate of drug-likeness (QED) is 0.679. The molecule has 2 aromatic carbocycles. The molecule has 1 amide bonds. The molecule has 0 aliphatic carbocycles. The Morgan fingerprint density at radius 3 is 2.68 bits per heavy atom. The van der Waals surface area contributed by atoms with Crippen molar-refractivity contribution in [1.82, 2.24) is 0 Å². The number of carbonyl (C=O) groups excluding carboxylic acids is 1. The molecule has 22 heavy (non-hydrogen) atoms. The third-order valence-electron chi connectivity index (χ3n) is 3.14. The number of ether oxygens (including phenoxy) is 1. The predicted molar refractivity (Wildman–Crippen MR) is 92.8 cm³/mol. The van der Waals surface area contributed by atoms with Crippen molar-refractivity contribution in [3.8, 4) is 5.75 Å². The van der Waals surface area contributed by atoms with Crippen molar-refractivity contribution in [2.45, 2.75) is 0 Å². The SMILES string of the molecule is COc1cccc(NC(=O)c2sc3cccc(Cl)c3c2Cl)c1. The lowest BCUT2D eigenvalue weighted by Gasteiger charge is -2.06. The molecule has 1 aromatic heterocycles. The molecule has 0 saturated heterocycles. The Labute approximate surface area is 141 Å². The number of nitrogens with one attached hydrogen (secondary N) is 1. The van der Waals surface area contributed by atoms with Gasteiger partial charge in [0, 0.05) is 21.8 Å². The highest BCUT2D eigenvalue weighted by atomic mass is 35.5. The molecule has 0 spiro atoms. The molecule has 112 valence electrons. The minimum Gasteiger partial charge on any atom is -0.497 e. The van der Waals surface area contributed by atoms with Crippen molar-refractivity contribution in [1.29, 1.82) is 0 Å². The summed E-state index contributed by atoms with van der Waals surface area (Å²) < 4.78 is 6.02. The molecule has 3 rings (SSSR count). The second-order valence-corrected chi connectivity index (χ2v) is 6.38. The van der Waals surface area contributed by atoms with E-state index in [2.05, 4.69) is 5.32 Å². The molecular formula is C16H11Cl2NO2S. The zero-order chi connectivity index (χ0) is 15.7. The first-order chi connectivity index (χ1) is 10.6. The molecule has 1 heterocycles. The maximum Gasteiger partial charge on any atom is 0.267 e. The normalized spacial score (nSPS) is 10.7. The summed E-state index contributed by atoms with van der Waals surface area (Å²) in [6.07, 6.45) is 0. The highest BCUT2D eigenvalue weighted by Crippen LogP contribution is 2.39. The number of methoxy groups -OCH3 is 1. The number of halogens is 2. The molecule has 0 radical (unpaired) electrons. The monoisotopic (exact) mass is 351 g/mol. The van der Waals surface area contributed by atoms with Crippen LogP contribution in [0.25, 0.3) is 10.1 Å². The maximum absolute atomic E-state index is 12.4. The second-order valence-electron chi connectivity index (χ2n) is 4.54. The van der Waals surface area contributed by atoms with Gasteiger partial charge in [-0.15, -0.1) is 11.3 Å². The van der Waals surface area contributed by atoms with Gasteiger partial charge in [0.05, 0.1) is 17.2 Å². The van der Waals surface area contributed by atoms with E-state index < -0.39 is 0 Å². The van der Waals surface area contributed by atoms with Crippen molar-refractivity contribution >= 4 is 56.2 Å². The Hall–Kier alpha value is -1.75. The lowest BCUT2D eigenvalue weighted by Crippen LogP contribution is -2.10. The van der Waals surface area contributed by atoms with E-state index in [1.165, 1.54) is 11.3 Å². The van der Waals surface area contributed by atoms with Crippen LogP contribution in [-0.4, -0.2) is 13.0 Å². The van der Waals surface area contributed by atoms with E-state index in [1.807, 2.05) is 18.2 Å². The van der Waals surface area contributed by atoms with Crippen molar-refractivity contribution in [2.75, 3.05) is 12.4 Å². The molecule has 0 aliphatic rings. The first-order valence-electron chi connectivity index (χ1n) is 6.42. The average molecular weight is 352 g/mol. The summed E-state index contributed by atoms with van der Waals surface area (Å²) in [4.78, 5) is 12.9. The van der Waals surface area contributed by atoms with Gasteiger partial charge in [-0.25, -0.2) is 0 Å². The summed E-state index contributed by atoms with van der Waals surface area (Å²) in [5, 5.41) is 4.45. The van der Waals surface area contributed by atoms with Crippen molar-refractivity contribution in [2.24, 2.45) is 0 Å². The summed E-state index contributed by atoms with van der Waals surface area (Å²) in [7, 11) is 1.58. The highest BCUT2D eigenvalue weighted by molar-refractivity contribution is 7.21. The summed E-state index contributed by atoms with van der Waals surface area (Å²) in [6, 6.07) is 12.6. The van der Waals surface area contributed by atoms with Crippen LogP contribution in [-0.2, 0) is 0 Å². The molecule has 0 saturated carbocycles. The first-order valence-corrected chi connectivity index (χ1v) is 7.99. The standard InChI is InChI=1S/C16H11Cl2NO2S/c1-21-10-5-2-4-9(8-10)19-16(20)15-14(18)13-11(17)6-3-7-12(13)22-15/h2-8H,1H3,(H,19,20). The van der Waals surface area contributed by atoms with Crippen LogP contribution in [0.4, 0.5) is 5.69 Å². The Morgan fingerprint density at radius 2 is 1.95 bits per heavy atom. The zero-order valence-corrected chi connectivity index (χ0v) is 13.9. The van der Waals surface area contributed by atoms with E-state index in [0.29, 0.717) is 31.7 Å². The fourth-order valence-corrected chi connectivity index (χ4v) is 3.96. The molecule has 6 heteroatoms. The number of hydrogen-bond acceptors (Lipinski definition) is 3. The van der Waals surface area contributed by atoms with Gasteiger partial charge >= 0.3 is 0 Å². The van der Waals surface area contributed by atoms with Gasteiger partial charge in [-0.2, -0.15) is 0 Å². The van der Waals surface area contributed by atoms with Crippen LogP contribution in [0.15, 0.2) is 42.5 Å². The van der Waals surface area contributed by atoms with Crippen LogP contribution in [0, 0.1) is 0 Å². The van der Waals surface area contributed by atoms with E-state index in [9.17, 15) is 4.79 Å². The number of thiophene rings is 1. The molecule has 0 unspecified atom stereocenters. The number of carbonyl (C=O) groups is 1. The van der Waals surface area contributed by atoms with Crippen LogP contribution in [0.1, 0.15) is 9.67 Å². The Balaban J connectivity index is 1.95. The second kappa shape index (κ2) is 6.16. The molecule has 0 atom stereocenters. The number of fused-ring (bicyclic) bond motifs is 1. The number of amides is 1. The van der Waals surface area contributed by atoms with Crippen LogP contribution in [0.3, 0.4) is 0 Å². The third-order valence-corrected chi connectivity index (χ3v) is 5.10. The van der Waals surface area contributed by atoms with Gasteiger partial charge in [0.1, 0.15) is 10.6 Å². The van der Waals surface area contributed by atoms with Gasteiger partial charge in [-0.3, -0.25) is 4.79 Å². The summed E-state index contributed by atoms with van der Waals surface area (Å²) in [6.45, 7) is 0. The van der Waals surface area contributed by atoms with Gasteiger partial charge in [-0.05, 0) is 24.3 Å². The zero-order valence-electron chi connectivity index (χ0n) is 11.5. The summed E-state index contributed by atoms with van der Waals surface area (Å²) >= 11 is 13.8. The summed E-state index contributed by atoms with van der Waals surface area (Å²) in [5.41, 5.74) is 0.643. The minimum atomic E-state index is -0.268. The first kappa shape index (κ1) is 15.2. The van der Waals surface area contributed by atoms with E-state index in [4.69, 9.17) is 27.9 Å². The van der Waals surface area contributed by atoms with E-state index >= 15 is 0 Å². The Kier molecular flexibility index (Phi) is 4.25. The van der Waals surface area contributed by atoms with Gasteiger partial charge in [-0.1, -0.05) is 35.3 Å². The molecule has 3 nitrogen and oxygen atoms in total. The van der Waals surface area contributed by atoms with E-state index in [0.717, 1.165) is 4.70 Å². The minimum absolute atomic E-state index is 0.268. The van der Waals surface area contributed by atoms with Gasteiger partial charge in [0.2, 0.25) is 0 Å². The largest absolute Gasteiger partial charge is 0.497 e. The molecule has 0 fully saturated rings. The van der Waals surface area contributed by atoms with Crippen LogP contribution >= 0.6 is 34.5 Å². The number of hydrogen-bond donors (Lipinski definition) is 1. The molecule has 0 aliphatic heterocycles. The van der Waals surface area contributed by atoms with Gasteiger partial charge in [0.15, 0.2) is 0 Å². The fraction of sp³-hybridized carbons (Fsp3) is 0.0625. The molecule has 3 aromatic rings. The number of anilines is 1. The third kappa shape index (κ3) is 2.77. The molecular weight excluding hydrogens is 341 g/mol.